The number of nitrogens with two attached hydrogens (primary N) is 1. The van der Waals surface area contributed by atoms with Gasteiger partial charge in [-0.25, -0.2) is 0 Å². The summed E-state index contributed by atoms with van der Waals surface area (Å²) in [5.74, 6) is -0.444. The molecule has 0 bridgehead atoms. The van der Waals surface area contributed by atoms with Crippen molar-refractivity contribution in [2.45, 2.75) is 25.8 Å². The highest BCUT2D eigenvalue weighted by molar-refractivity contribution is 5.78. The molecule has 0 saturated carbocycles. The molecule has 14 heavy (non-hydrogen) atoms. The number of carbonyl (C=O) groups excluding carboxylic acids is 2. The number of hydrogen-bond donors (Lipinski definition) is 3. The van der Waals surface area contributed by atoms with Gasteiger partial charge in [0.25, 0.3) is 0 Å². The van der Waals surface area contributed by atoms with Gasteiger partial charge in [0, 0.05) is 25.6 Å². The van der Waals surface area contributed by atoms with Gasteiger partial charge < -0.3 is 16.4 Å². The third-order valence-corrected chi connectivity index (χ3v) is 2.44. The van der Waals surface area contributed by atoms with E-state index in [1.807, 2.05) is 0 Å². The van der Waals surface area contributed by atoms with Crippen LogP contribution in [0, 0.1) is 5.92 Å². The number of rotatable bonds is 3. The van der Waals surface area contributed by atoms with Crippen LogP contribution >= 0.6 is 0 Å². The molecule has 4 N–H and O–H groups in total. The molecule has 0 aromatic carbocycles. The van der Waals surface area contributed by atoms with Crippen molar-refractivity contribution < 1.29 is 9.59 Å². The van der Waals surface area contributed by atoms with E-state index in [4.69, 9.17) is 5.73 Å². The van der Waals surface area contributed by atoms with Crippen LogP contribution < -0.4 is 16.4 Å². The normalized spacial score (nSPS) is 26.9. The van der Waals surface area contributed by atoms with Gasteiger partial charge in [-0.1, -0.05) is 6.92 Å². The molecule has 0 spiro atoms. The van der Waals surface area contributed by atoms with E-state index in [0.717, 1.165) is 6.54 Å². The molecular weight excluding hydrogens is 182 g/mol. The van der Waals surface area contributed by atoms with E-state index >= 15 is 0 Å². The summed E-state index contributed by atoms with van der Waals surface area (Å²) in [5.41, 5.74) is 5.20. The van der Waals surface area contributed by atoms with Crippen molar-refractivity contribution in [3.8, 4) is 0 Å². The van der Waals surface area contributed by atoms with Gasteiger partial charge >= 0.3 is 0 Å². The van der Waals surface area contributed by atoms with Crippen LogP contribution in [0.2, 0.25) is 0 Å². The fourth-order valence-corrected chi connectivity index (χ4v) is 1.60. The number of nitrogens with one attached hydrogen (secondary N) is 2. The zero-order valence-corrected chi connectivity index (χ0v) is 8.38. The zero-order chi connectivity index (χ0) is 10.6. The number of amides is 2. The Morgan fingerprint density at radius 2 is 2.21 bits per heavy atom. The molecule has 1 aliphatic rings. The van der Waals surface area contributed by atoms with Gasteiger partial charge in [0.15, 0.2) is 0 Å². The lowest BCUT2D eigenvalue weighted by Crippen LogP contribution is -2.51. The average molecular weight is 199 g/mol. The van der Waals surface area contributed by atoms with Crippen LogP contribution in [0.3, 0.4) is 0 Å². The summed E-state index contributed by atoms with van der Waals surface area (Å²) >= 11 is 0. The highest BCUT2D eigenvalue weighted by atomic mass is 16.2. The standard InChI is InChI=1S/C9H17N3O2/c1-2-8(13)12-7-3-6(9(10)14)4-11-5-7/h6-7,11H,2-5H2,1H3,(H2,10,14)(H,12,13)/t6-,7+/m1/s1. The van der Waals surface area contributed by atoms with Crippen LogP contribution in [0.4, 0.5) is 0 Å². The fraction of sp³-hybridized carbons (Fsp3) is 0.778. The molecule has 0 aromatic rings. The third kappa shape index (κ3) is 2.99. The Hall–Kier alpha value is -1.10. The van der Waals surface area contributed by atoms with Crippen LogP contribution in [0.25, 0.3) is 0 Å². The fourth-order valence-electron chi connectivity index (χ4n) is 1.60. The second-order valence-corrected chi connectivity index (χ2v) is 3.61. The summed E-state index contributed by atoms with van der Waals surface area (Å²) in [7, 11) is 0. The van der Waals surface area contributed by atoms with E-state index in [9.17, 15) is 9.59 Å². The van der Waals surface area contributed by atoms with Crippen LogP contribution in [0.15, 0.2) is 0 Å². The first kappa shape index (κ1) is 11.0. The van der Waals surface area contributed by atoms with Crippen molar-refractivity contribution in [2.75, 3.05) is 13.1 Å². The van der Waals surface area contributed by atoms with Gasteiger partial charge in [-0.3, -0.25) is 9.59 Å². The van der Waals surface area contributed by atoms with Crippen molar-refractivity contribution in [3.05, 3.63) is 0 Å². The van der Waals surface area contributed by atoms with Crippen molar-refractivity contribution in [2.24, 2.45) is 11.7 Å². The Kier molecular flexibility index (Phi) is 3.88. The van der Waals surface area contributed by atoms with Gasteiger partial charge in [0.1, 0.15) is 0 Å². The minimum absolute atomic E-state index is 0.0157. The maximum absolute atomic E-state index is 11.1. The Labute approximate surface area is 83.4 Å². The second kappa shape index (κ2) is 4.95. The number of hydrogen-bond acceptors (Lipinski definition) is 3. The first-order valence-corrected chi connectivity index (χ1v) is 4.93. The van der Waals surface area contributed by atoms with E-state index in [1.54, 1.807) is 6.92 Å². The Bertz CT molecular complexity index is 230. The van der Waals surface area contributed by atoms with E-state index in [2.05, 4.69) is 10.6 Å². The monoisotopic (exact) mass is 199 g/mol. The van der Waals surface area contributed by atoms with Crippen LogP contribution in [0.1, 0.15) is 19.8 Å². The highest BCUT2D eigenvalue weighted by Gasteiger charge is 2.25. The van der Waals surface area contributed by atoms with Crippen LogP contribution in [-0.2, 0) is 9.59 Å². The summed E-state index contributed by atoms with van der Waals surface area (Å²) in [4.78, 5) is 22.0. The second-order valence-electron chi connectivity index (χ2n) is 3.61. The summed E-state index contributed by atoms with van der Waals surface area (Å²) in [6.45, 7) is 3.14. The zero-order valence-electron chi connectivity index (χ0n) is 8.38. The summed E-state index contributed by atoms with van der Waals surface area (Å²) < 4.78 is 0. The van der Waals surface area contributed by atoms with E-state index in [-0.39, 0.29) is 23.8 Å². The SMILES string of the molecule is CCC(=O)N[C@@H]1CNC[C@H](C(N)=O)C1. The number of primary amides is 1. The molecule has 2 amide bonds. The van der Waals surface area contributed by atoms with Gasteiger partial charge in [-0.2, -0.15) is 0 Å². The Balaban J connectivity index is 2.40. The number of piperidine rings is 1. The molecule has 80 valence electrons. The molecule has 5 nitrogen and oxygen atoms in total. The van der Waals surface area contributed by atoms with Crippen molar-refractivity contribution in [1.29, 1.82) is 0 Å². The summed E-state index contributed by atoms with van der Waals surface area (Å²) in [6.07, 6.45) is 1.12. The summed E-state index contributed by atoms with van der Waals surface area (Å²) in [5, 5.41) is 5.92. The molecule has 1 rings (SSSR count). The molecule has 0 radical (unpaired) electrons. The first-order chi connectivity index (χ1) is 6.63. The predicted molar refractivity (Wildman–Crippen MR) is 52.4 cm³/mol. The topological polar surface area (TPSA) is 84.2 Å². The largest absolute Gasteiger partial charge is 0.369 e. The van der Waals surface area contributed by atoms with E-state index in [0.29, 0.717) is 19.4 Å². The molecule has 2 atom stereocenters. The van der Waals surface area contributed by atoms with Crippen molar-refractivity contribution in [1.82, 2.24) is 10.6 Å². The maximum Gasteiger partial charge on any atom is 0.221 e. The third-order valence-electron chi connectivity index (χ3n) is 2.44. The summed E-state index contributed by atoms with van der Waals surface area (Å²) in [6, 6.07) is 0.0358. The Morgan fingerprint density at radius 3 is 2.79 bits per heavy atom. The molecule has 1 aliphatic heterocycles. The molecule has 0 unspecified atom stereocenters. The van der Waals surface area contributed by atoms with E-state index < -0.39 is 0 Å². The molecule has 1 saturated heterocycles. The lowest BCUT2D eigenvalue weighted by Gasteiger charge is -2.28. The van der Waals surface area contributed by atoms with Gasteiger partial charge in [-0.05, 0) is 6.42 Å². The van der Waals surface area contributed by atoms with Gasteiger partial charge in [0.05, 0.1) is 5.92 Å². The average Bonchev–Trinajstić information content (AvgIpc) is 2.18. The molecule has 0 aliphatic carbocycles. The smallest absolute Gasteiger partial charge is 0.221 e. The highest BCUT2D eigenvalue weighted by Crippen LogP contribution is 2.09. The lowest BCUT2D eigenvalue weighted by atomic mass is 9.95. The van der Waals surface area contributed by atoms with Crippen LogP contribution in [0.5, 0.6) is 0 Å². The molecule has 5 heteroatoms. The first-order valence-electron chi connectivity index (χ1n) is 4.93. The van der Waals surface area contributed by atoms with Gasteiger partial charge in [0.2, 0.25) is 11.8 Å². The Morgan fingerprint density at radius 1 is 1.50 bits per heavy atom. The minimum Gasteiger partial charge on any atom is -0.369 e. The molecule has 1 fully saturated rings. The van der Waals surface area contributed by atoms with Crippen molar-refractivity contribution in [3.63, 3.8) is 0 Å². The molecule has 1 heterocycles. The quantitative estimate of drug-likeness (QED) is 0.543. The van der Waals surface area contributed by atoms with Crippen LogP contribution in [-0.4, -0.2) is 30.9 Å². The molecular formula is C9H17N3O2. The maximum atomic E-state index is 11.1. The van der Waals surface area contributed by atoms with E-state index in [1.165, 1.54) is 0 Å². The number of carbonyl (C=O) groups is 2. The van der Waals surface area contributed by atoms with Crippen molar-refractivity contribution >= 4 is 11.8 Å². The molecule has 0 aromatic heterocycles. The lowest BCUT2D eigenvalue weighted by molar-refractivity contribution is -0.125. The minimum atomic E-state index is -0.298. The predicted octanol–water partition coefficient (Wildman–Crippen LogP) is -1.02. The van der Waals surface area contributed by atoms with Gasteiger partial charge in [-0.15, -0.1) is 0 Å².